The molecular formula is C16H15F2NO5S. The Balaban J connectivity index is 2.60. The lowest BCUT2D eigenvalue weighted by atomic mass is 10.2. The van der Waals surface area contributed by atoms with E-state index in [-0.39, 0.29) is 4.90 Å². The Labute approximate surface area is 143 Å². The fourth-order valence-electron chi connectivity index (χ4n) is 2.24. The van der Waals surface area contributed by atoms with Gasteiger partial charge in [0.2, 0.25) is 0 Å². The van der Waals surface area contributed by atoms with Crippen molar-refractivity contribution in [2.75, 3.05) is 18.0 Å². The van der Waals surface area contributed by atoms with Gasteiger partial charge >= 0.3 is 5.97 Å². The summed E-state index contributed by atoms with van der Waals surface area (Å²) in [6.07, 6.45) is 0. The van der Waals surface area contributed by atoms with E-state index in [2.05, 4.69) is 0 Å². The van der Waals surface area contributed by atoms with Crippen LogP contribution in [0.3, 0.4) is 0 Å². The molecule has 0 saturated carbocycles. The summed E-state index contributed by atoms with van der Waals surface area (Å²) in [6, 6.07) is 6.12. The van der Waals surface area contributed by atoms with Crippen LogP contribution in [0.1, 0.15) is 5.56 Å². The number of carbonyl (C=O) groups is 1. The molecule has 2 aromatic rings. The van der Waals surface area contributed by atoms with Crippen LogP contribution in [0.2, 0.25) is 0 Å². The first kappa shape index (κ1) is 18.7. The number of aliphatic carboxylic acids is 1. The molecule has 0 amide bonds. The number of ether oxygens (including phenoxy) is 1. The lowest BCUT2D eigenvalue weighted by Crippen LogP contribution is -2.36. The minimum absolute atomic E-state index is 0.240. The molecule has 0 aliphatic carbocycles. The fraction of sp³-hybridized carbons (Fsp3) is 0.188. The van der Waals surface area contributed by atoms with Gasteiger partial charge in [-0.3, -0.25) is 9.10 Å². The molecule has 0 radical (unpaired) electrons. The first-order valence-corrected chi connectivity index (χ1v) is 8.45. The zero-order chi connectivity index (χ0) is 18.8. The molecule has 6 nitrogen and oxygen atoms in total. The van der Waals surface area contributed by atoms with Crippen LogP contribution in [0.5, 0.6) is 5.75 Å². The summed E-state index contributed by atoms with van der Waals surface area (Å²) < 4.78 is 58.2. The highest BCUT2D eigenvalue weighted by atomic mass is 32.2. The molecular weight excluding hydrogens is 356 g/mol. The Morgan fingerprint density at radius 3 is 2.40 bits per heavy atom. The van der Waals surface area contributed by atoms with Gasteiger partial charge in [0, 0.05) is 6.07 Å². The first-order valence-electron chi connectivity index (χ1n) is 7.01. The second-order valence-electron chi connectivity index (χ2n) is 5.13. The van der Waals surface area contributed by atoms with Crippen LogP contribution in [0.25, 0.3) is 0 Å². The average Bonchev–Trinajstić information content (AvgIpc) is 2.52. The van der Waals surface area contributed by atoms with Gasteiger partial charge in [0.1, 0.15) is 23.9 Å². The molecule has 25 heavy (non-hydrogen) atoms. The number of carboxylic acid groups (broad SMARTS) is 1. The average molecular weight is 371 g/mol. The molecule has 2 rings (SSSR count). The molecule has 0 aromatic heterocycles. The highest BCUT2D eigenvalue weighted by molar-refractivity contribution is 7.92. The van der Waals surface area contributed by atoms with E-state index >= 15 is 0 Å². The zero-order valence-electron chi connectivity index (χ0n) is 13.4. The molecule has 0 atom stereocenters. The van der Waals surface area contributed by atoms with E-state index in [9.17, 15) is 22.0 Å². The molecule has 134 valence electrons. The van der Waals surface area contributed by atoms with E-state index in [1.165, 1.54) is 25.3 Å². The van der Waals surface area contributed by atoms with Crippen molar-refractivity contribution in [1.29, 1.82) is 0 Å². The quantitative estimate of drug-likeness (QED) is 0.844. The second kappa shape index (κ2) is 7.06. The number of hydrogen-bond acceptors (Lipinski definition) is 4. The lowest BCUT2D eigenvalue weighted by Gasteiger charge is -2.23. The monoisotopic (exact) mass is 371 g/mol. The molecule has 0 bridgehead atoms. The van der Waals surface area contributed by atoms with E-state index in [1.807, 2.05) is 0 Å². The summed E-state index contributed by atoms with van der Waals surface area (Å²) in [5.41, 5.74) is -0.0595. The van der Waals surface area contributed by atoms with Crippen molar-refractivity contribution in [3.05, 3.63) is 53.6 Å². The van der Waals surface area contributed by atoms with Crippen LogP contribution >= 0.6 is 0 Å². The maximum Gasteiger partial charge on any atom is 0.324 e. The van der Waals surface area contributed by atoms with Crippen molar-refractivity contribution in [2.24, 2.45) is 0 Å². The number of nitrogens with zero attached hydrogens (tertiary/aromatic N) is 1. The largest absolute Gasteiger partial charge is 0.496 e. The highest BCUT2D eigenvalue weighted by Gasteiger charge is 2.29. The SMILES string of the molecule is COc1ccc(S(=O)(=O)N(CC(=O)O)c2ccc(F)cc2F)cc1C. The molecule has 0 unspecified atom stereocenters. The van der Waals surface area contributed by atoms with E-state index in [0.29, 0.717) is 21.7 Å². The zero-order valence-corrected chi connectivity index (χ0v) is 14.2. The third-order valence-electron chi connectivity index (χ3n) is 3.41. The molecule has 0 aliphatic rings. The van der Waals surface area contributed by atoms with Crippen LogP contribution < -0.4 is 9.04 Å². The minimum atomic E-state index is -4.40. The van der Waals surface area contributed by atoms with Crippen LogP contribution in [0, 0.1) is 18.6 Å². The summed E-state index contributed by atoms with van der Waals surface area (Å²) in [5.74, 6) is -3.14. The summed E-state index contributed by atoms with van der Waals surface area (Å²) in [5, 5.41) is 9.02. The van der Waals surface area contributed by atoms with Crippen molar-refractivity contribution in [1.82, 2.24) is 0 Å². The smallest absolute Gasteiger partial charge is 0.324 e. The van der Waals surface area contributed by atoms with Crippen molar-refractivity contribution >= 4 is 21.7 Å². The van der Waals surface area contributed by atoms with Gasteiger partial charge in [0.25, 0.3) is 10.0 Å². The topological polar surface area (TPSA) is 83.9 Å². The number of carboxylic acids is 1. The Kier molecular flexibility index (Phi) is 5.27. The Morgan fingerprint density at radius 1 is 1.20 bits per heavy atom. The third kappa shape index (κ3) is 3.87. The normalized spacial score (nSPS) is 11.2. The van der Waals surface area contributed by atoms with Gasteiger partial charge in [0.05, 0.1) is 17.7 Å². The van der Waals surface area contributed by atoms with Gasteiger partial charge in [-0.25, -0.2) is 17.2 Å². The van der Waals surface area contributed by atoms with E-state index in [0.717, 1.165) is 12.1 Å². The summed E-state index contributed by atoms with van der Waals surface area (Å²) >= 11 is 0. The molecule has 0 heterocycles. The van der Waals surface area contributed by atoms with Gasteiger partial charge in [-0.15, -0.1) is 0 Å². The summed E-state index contributed by atoms with van der Waals surface area (Å²) in [4.78, 5) is 10.8. The third-order valence-corrected chi connectivity index (χ3v) is 5.17. The summed E-state index contributed by atoms with van der Waals surface area (Å²) in [6.45, 7) is 0.591. The van der Waals surface area contributed by atoms with E-state index in [1.54, 1.807) is 6.92 Å². The number of halogens is 2. The maximum atomic E-state index is 14.0. The molecule has 9 heteroatoms. The number of hydrogen-bond donors (Lipinski definition) is 1. The van der Waals surface area contributed by atoms with Crippen LogP contribution in [0.15, 0.2) is 41.3 Å². The van der Waals surface area contributed by atoms with Gasteiger partial charge in [-0.2, -0.15) is 0 Å². The lowest BCUT2D eigenvalue weighted by molar-refractivity contribution is -0.135. The number of benzene rings is 2. The number of rotatable bonds is 6. The molecule has 0 saturated heterocycles. The molecule has 0 fully saturated rings. The van der Waals surface area contributed by atoms with E-state index in [4.69, 9.17) is 9.84 Å². The van der Waals surface area contributed by atoms with Crippen LogP contribution in [-0.4, -0.2) is 33.1 Å². The Bertz CT molecular complexity index is 915. The molecule has 1 N–H and O–H groups in total. The van der Waals surface area contributed by atoms with E-state index < -0.39 is 39.9 Å². The summed E-state index contributed by atoms with van der Waals surface area (Å²) in [7, 11) is -2.98. The van der Waals surface area contributed by atoms with Crippen molar-refractivity contribution in [3.63, 3.8) is 0 Å². The predicted molar refractivity (Wildman–Crippen MR) is 86.3 cm³/mol. The first-order chi connectivity index (χ1) is 11.7. The van der Waals surface area contributed by atoms with Gasteiger partial charge in [-0.05, 0) is 42.8 Å². The van der Waals surface area contributed by atoms with Crippen molar-refractivity contribution < 1.29 is 31.8 Å². The highest BCUT2D eigenvalue weighted by Crippen LogP contribution is 2.29. The van der Waals surface area contributed by atoms with Crippen LogP contribution in [0.4, 0.5) is 14.5 Å². The van der Waals surface area contributed by atoms with Crippen molar-refractivity contribution in [3.8, 4) is 5.75 Å². The number of aryl methyl sites for hydroxylation is 1. The van der Waals surface area contributed by atoms with Gasteiger partial charge < -0.3 is 9.84 Å². The predicted octanol–water partition coefficient (Wildman–Crippen LogP) is 2.56. The van der Waals surface area contributed by atoms with Gasteiger partial charge in [-0.1, -0.05) is 0 Å². The fourth-order valence-corrected chi connectivity index (χ4v) is 3.75. The van der Waals surface area contributed by atoms with Gasteiger partial charge in [0.15, 0.2) is 0 Å². The molecule has 2 aromatic carbocycles. The molecule has 0 spiro atoms. The number of methoxy groups -OCH3 is 1. The standard InChI is InChI=1S/C16H15F2NO5S/c1-10-7-12(4-6-15(10)24-2)25(22,23)19(9-16(20)21)14-5-3-11(17)8-13(14)18/h3-8H,9H2,1-2H3,(H,20,21). The Hall–Kier alpha value is -2.68. The maximum absolute atomic E-state index is 14.0. The number of sulfonamides is 1. The minimum Gasteiger partial charge on any atom is -0.496 e. The van der Waals surface area contributed by atoms with Crippen molar-refractivity contribution in [2.45, 2.75) is 11.8 Å². The number of anilines is 1. The van der Waals surface area contributed by atoms with Crippen LogP contribution in [-0.2, 0) is 14.8 Å². The Morgan fingerprint density at radius 2 is 1.88 bits per heavy atom. The second-order valence-corrected chi connectivity index (χ2v) is 6.99. The molecule has 0 aliphatic heterocycles.